The number of nitrogens with two attached hydrogens (primary N) is 1. The van der Waals surface area contributed by atoms with Crippen LogP contribution < -0.4 is 5.73 Å². The number of carbonyl (C=O) groups excluding carboxylic acids is 1. The highest BCUT2D eigenvalue weighted by Crippen LogP contribution is 1.90. The summed E-state index contributed by atoms with van der Waals surface area (Å²) in [4.78, 5) is 10.8. The quantitative estimate of drug-likeness (QED) is 0.466. The number of rotatable bonds is 6. The molecule has 0 saturated carbocycles. The van der Waals surface area contributed by atoms with Crippen molar-refractivity contribution in [3.05, 3.63) is 0 Å². The third-order valence-electron chi connectivity index (χ3n) is 1.08. The third kappa shape index (κ3) is 7.50. The van der Waals surface area contributed by atoms with Crippen molar-refractivity contribution in [1.29, 1.82) is 0 Å². The van der Waals surface area contributed by atoms with Gasteiger partial charge in [-0.05, 0) is 26.8 Å². The first kappa shape index (κ1) is 11.4. The molecule has 0 saturated heterocycles. The molecule has 0 aliphatic carbocycles. The van der Waals surface area contributed by atoms with Crippen LogP contribution in [-0.2, 0) is 14.3 Å². The van der Waals surface area contributed by atoms with E-state index in [0.717, 1.165) is 6.42 Å². The number of hydrogen-bond donors (Lipinski definition) is 1. The Bertz CT molecular complexity index is 125. The maximum Gasteiger partial charge on any atom is 0.332 e. The van der Waals surface area contributed by atoms with Gasteiger partial charge in [-0.25, -0.2) is 4.79 Å². The molecule has 0 unspecified atom stereocenters. The summed E-state index contributed by atoms with van der Waals surface area (Å²) in [5.74, 6) is -0.318. The van der Waals surface area contributed by atoms with Gasteiger partial charge in [-0.2, -0.15) is 0 Å². The first-order chi connectivity index (χ1) is 5.66. The van der Waals surface area contributed by atoms with Gasteiger partial charge in [0.25, 0.3) is 0 Å². The second kappa shape index (κ2) is 7.06. The summed E-state index contributed by atoms with van der Waals surface area (Å²) in [6.45, 7) is 4.73. The third-order valence-corrected chi connectivity index (χ3v) is 1.08. The minimum absolute atomic E-state index is 0.0260. The van der Waals surface area contributed by atoms with Crippen LogP contribution in [0.5, 0.6) is 0 Å². The lowest BCUT2D eigenvalue weighted by atomic mass is 10.5. The van der Waals surface area contributed by atoms with Gasteiger partial charge in [0.05, 0.1) is 6.10 Å². The van der Waals surface area contributed by atoms with Crippen molar-refractivity contribution < 1.29 is 14.3 Å². The molecule has 4 nitrogen and oxygen atoms in total. The first-order valence-corrected chi connectivity index (χ1v) is 4.14. The molecule has 0 aromatic rings. The number of hydrogen-bond acceptors (Lipinski definition) is 4. The van der Waals surface area contributed by atoms with Crippen LogP contribution in [0.15, 0.2) is 0 Å². The number of carbonyl (C=O) groups is 1. The predicted molar refractivity (Wildman–Crippen MR) is 45.7 cm³/mol. The summed E-state index contributed by atoms with van der Waals surface area (Å²) in [5.41, 5.74) is 5.23. The zero-order valence-corrected chi connectivity index (χ0v) is 7.71. The van der Waals surface area contributed by atoms with Crippen molar-refractivity contribution in [3.8, 4) is 0 Å². The van der Waals surface area contributed by atoms with Crippen LogP contribution in [0, 0.1) is 0 Å². The molecule has 0 atom stereocenters. The molecular formula is C8H17NO3. The smallest absolute Gasteiger partial charge is 0.332 e. The van der Waals surface area contributed by atoms with Crippen LogP contribution >= 0.6 is 0 Å². The van der Waals surface area contributed by atoms with Crippen molar-refractivity contribution in [1.82, 2.24) is 0 Å². The van der Waals surface area contributed by atoms with E-state index in [1.807, 2.05) is 0 Å². The minimum atomic E-state index is -0.318. The van der Waals surface area contributed by atoms with Crippen LogP contribution in [-0.4, -0.2) is 31.8 Å². The molecule has 0 fully saturated rings. The second-order valence-corrected chi connectivity index (χ2v) is 2.73. The van der Waals surface area contributed by atoms with Gasteiger partial charge < -0.3 is 15.2 Å². The normalized spacial score (nSPS) is 10.3. The van der Waals surface area contributed by atoms with Crippen molar-refractivity contribution in [2.24, 2.45) is 5.73 Å². The minimum Gasteiger partial charge on any atom is -0.461 e. The Kier molecular flexibility index (Phi) is 6.70. The predicted octanol–water partition coefficient (Wildman–Crippen LogP) is 0.303. The SMILES string of the molecule is CC(C)OC(=O)COCCCN. The van der Waals surface area contributed by atoms with E-state index in [9.17, 15) is 4.79 Å². The molecule has 72 valence electrons. The van der Waals surface area contributed by atoms with Crippen molar-refractivity contribution >= 4 is 5.97 Å². The topological polar surface area (TPSA) is 61.5 Å². The molecule has 0 aliphatic heterocycles. The zero-order chi connectivity index (χ0) is 9.40. The van der Waals surface area contributed by atoms with Crippen LogP contribution in [0.4, 0.5) is 0 Å². The van der Waals surface area contributed by atoms with Gasteiger partial charge in [-0.15, -0.1) is 0 Å². The Morgan fingerprint density at radius 2 is 2.17 bits per heavy atom. The fourth-order valence-electron chi connectivity index (χ4n) is 0.638. The summed E-state index contributed by atoms with van der Waals surface area (Å²) in [5, 5.41) is 0. The highest BCUT2D eigenvalue weighted by Gasteiger charge is 2.04. The van der Waals surface area contributed by atoms with Crippen molar-refractivity contribution in [2.45, 2.75) is 26.4 Å². The van der Waals surface area contributed by atoms with E-state index in [1.54, 1.807) is 13.8 Å². The maximum atomic E-state index is 10.8. The lowest BCUT2D eigenvalue weighted by Crippen LogP contribution is -2.18. The second-order valence-electron chi connectivity index (χ2n) is 2.73. The van der Waals surface area contributed by atoms with E-state index in [4.69, 9.17) is 15.2 Å². The standard InChI is InChI=1S/C8H17NO3/c1-7(2)12-8(10)6-11-5-3-4-9/h7H,3-6,9H2,1-2H3. The molecule has 0 radical (unpaired) electrons. The fourth-order valence-corrected chi connectivity index (χ4v) is 0.638. The molecule has 0 heterocycles. The summed E-state index contributed by atoms with van der Waals surface area (Å²) in [6, 6.07) is 0. The summed E-state index contributed by atoms with van der Waals surface area (Å²) < 4.78 is 9.82. The molecule has 0 bridgehead atoms. The highest BCUT2D eigenvalue weighted by atomic mass is 16.6. The Balaban J connectivity index is 3.20. The van der Waals surface area contributed by atoms with E-state index in [1.165, 1.54) is 0 Å². The molecule has 0 aromatic heterocycles. The summed E-state index contributed by atoms with van der Waals surface area (Å²) in [6.07, 6.45) is 0.699. The monoisotopic (exact) mass is 175 g/mol. The summed E-state index contributed by atoms with van der Waals surface area (Å²) in [7, 11) is 0. The van der Waals surface area contributed by atoms with Crippen LogP contribution in [0.1, 0.15) is 20.3 Å². The van der Waals surface area contributed by atoms with E-state index in [2.05, 4.69) is 0 Å². The average molecular weight is 175 g/mol. The van der Waals surface area contributed by atoms with E-state index >= 15 is 0 Å². The van der Waals surface area contributed by atoms with Crippen LogP contribution in [0.2, 0.25) is 0 Å². The average Bonchev–Trinajstić information content (AvgIpc) is 1.97. The summed E-state index contributed by atoms with van der Waals surface area (Å²) >= 11 is 0. The van der Waals surface area contributed by atoms with Gasteiger partial charge in [-0.3, -0.25) is 0 Å². The van der Waals surface area contributed by atoms with Gasteiger partial charge in [0, 0.05) is 6.61 Å². The Morgan fingerprint density at radius 1 is 1.50 bits per heavy atom. The lowest BCUT2D eigenvalue weighted by molar-refractivity contribution is -0.152. The van der Waals surface area contributed by atoms with Crippen molar-refractivity contribution in [2.75, 3.05) is 19.8 Å². The van der Waals surface area contributed by atoms with Crippen molar-refractivity contribution in [3.63, 3.8) is 0 Å². The first-order valence-electron chi connectivity index (χ1n) is 4.14. The van der Waals surface area contributed by atoms with Crippen LogP contribution in [0.25, 0.3) is 0 Å². The molecule has 0 amide bonds. The Labute approximate surface area is 73.0 Å². The number of esters is 1. The van der Waals surface area contributed by atoms with E-state index in [-0.39, 0.29) is 18.7 Å². The van der Waals surface area contributed by atoms with Gasteiger partial charge >= 0.3 is 5.97 Å². The lowest BCUT2D eigenvalue weighted by Gasteiger charge is -2.07. The maximum absolute atomic E-state index is 10.8. The molecular weight excluding hydrogens is 158 g/mol. The molecule has 0 aromatic carbocycles. The van der Waals surface area contributed by atoms with E-state index < -0.39 is 0 Å². The fraction of sp³-hybridized carbons (Fsp3) is 0.875. The zero-order valence-electron chi connectivity index (χ0n) is 7.71. The molecule has 2 N–H and O–H groups in total. The Morgan fingerprint density at radius 3 is 2.67 bits per heavy atom. The van der Waals surface area contributed by atoms with Gasteiger partial charge in [0.15, 0.2) is 0 Å². The molecule has 0 aliphatic rings. The molecule has 12 heavy (non-hydrogen) atoms. The molecule has 0 spiro atoms. The van der Waals surface area contributed by atoms with Gasteiger partial charge in [0.2, 0.25) is 0 Å². The molecule has 4 heteroatoms. The highest BCUT2D eigenvalue weighted by molar-refractivity contribution is 5.70. The van der Waals surface area contributed by atoms with E-state index in [0.29, 0.717) is 13.2 Å². The van der Waals surface area contributed by atoms with Gasteiger partial charge in [0.1, 0.15) is 6.61 Å². The Hall–Kier alpha value is -0.610. The van der Waals surface area contributed by atoms with Crippen LogP contribution in [0.3, 0.4) is 0 Å². The number of ether oxygens (including phenoxy) is 2. The molecule has 0 rings (SSSR count). The largest absolute Gasteiger partial charge is 0.461 e. The van der Waals surface area contributed by atoms with Gasteiger partial charge in [-0.1, -0.05) is 0 Å².